The number of carboxylic acid groups (broad SMARTS) is 1. The van der Waals surface area contributed by atoms with Crippen molar-refractivity contribution in [2.45, 2.75) is 57.7 Å². The zero-order valence-electron chi connectivity index (χ0n) is 19.3. The predicted molar refractivity (Wildman–Crippen MR) is 122 cm³/mol. The number of hydrogen-bond acceptors (Lipinski definition) is 7. The number of primary amides is 1. The van der Waals surface area contributed by atoms with Crippen molar-refractivity contribution < 1.29 is 33.9 Å². The van der Waals surface area contributed by atoms with Crippen LogP contribution in [0.5, 0.6) is 0 Å². The second kappa shape index (κ2) is 14.6. The molecule has 0 fully saturated rings. The van der Waals surface area contributed by atoms with Gasteiger partial charge in [0.25, 0.3) is 0 Å². The van der Waals surface area contributed by atoms with Crippen LogP contribution in [0.1, 0.15) is 38.7 Å². The lowest BCUT2D eigenvalue weighted by molar-refractivity contribution is -0.138. The van der Waals surface area contributed by atoms with Gasteiger partial charge in [0.1, 0.15) is 24.7 Å². The lowest BCUT2D eigenvalue weighted by Gasteiger charge is -2.25. The van der Waals surface area contributed by atoms with Crippen molar-refractivity contribution in [3.05, 3.63) is 35.9 Å². The summed E-state index contributed by atoms with van der Waals surface area (Å²) in [6.45, 7) is 3.20. The molecule has 0 aliphatic carbocycles. The molecular formula is C22H33N5O7. The summed E-state index contributed by atoms with van der Waals surface area (Å²) < 4.78 is 0. The van der Waals surface area contributed by atoms with E-state index in [-0.39, 0.29) is 25.2 Å². The minimum absolute atomic E-state index is 0.00579. The first kappa shape index (κ1) is 28.5. The molecule has 1 rings (SSSR count). The number of hydrogen-bond donors (Lipinski definition) is 6. The predicted octanol–water partition coefficient (Wildman–Crippen LogP) is -1.03. The van der Waals surface area contributed by atoms with E-state index in [4.69, 9.17) is 16.7 Å². The SMILES string of the molecule is CC(C)C[C@H](NC(=O)CON)C(=O)N[C@@H](CCC(=O)O)C(=O)N[C@@H](Cc1ccccc1)C(N)=O. The first-order valence-corrected chi connectivity index (χ1v) is 10.8. The van der Waals surface area contributed by atoms with Crippen LogP contribution < -0.4 is 27.6 Å². The van der Waals surface area contributed by atoms with Crippen LogP contribution >= 0.6 is 0 Å². The van der Waals surface area contributed by atoms with Gasteiger partial charge in [-0.1, -0.05) is 44.2 Å². The summed E-state index contributed by atoms with van der Waals surface area (Å²) in [5.74, 6) is 0.845. The van der Waals surface area contributed by atoms with Gasteiger partial charge >= 0.3 is 5.97 Å². The standard InChI is InChI=1S/C22H33N5O7/c1-13(2)10-17(25-18(28)12-34-24)22(33)26-15(8-9-19(29)30)21(32)27-16(20(23)31)11-14-6-4-3-5-7-14/h3-7,13,15-17H,8-12,24H2,1-2H3,(H2,23,31)(H,25,28)(H,26,33)(H,27,32)(H,29,30)/t15-,16-,17-/m0/s1. The van der Waals surface area contributed by atoms with Crippen molar-refractivity contribution in [2.24, 2.45) is 17.5 Å². The molecule has 0 bridgehead atoms. The Morgan fingerprint density at radius 1 is 0.941 bits per heavy atom. The zero-order valence-corrected chi connectivity index (χ0v) is 19.3. The summed E-state index contributed by atoms with van der Waals surface area (Å²) >= 11 is 0. The van der Waals surface area contributed by atoms with Crippen LogP contribution in [0.15, 0.2) is 30.3 Å². The maximum atomic E-state index is 12.9. The van der Waals surface area contributed by atoms with Gasteiger partial charge in [0.15, 0.2) is 0 Å². The Morgan fingerprint density at radius 2 is 1.53 bits per heavy atom. The molecule has 0 aliphatic heterocycles. The van der Waals surface area contributed by atoms with Gasteiger partial charge in [-0.25, -0.2) is 5.90 Å². The van der Waals surface area contributed by atoms with E-state index < -0.39 is 60.8 Å². The molecule has 0 spiro atoms. The minimum atomic E-state index is -1.28. The van der Waals surface area contributed by atoms with Crippen LogP contribution in [-0.2, 0) is 35.2 Å². The first-order chi connectivity index (χ1) is 16.0. The van der Waals surface area contributed by atoms with E-state index in [9.17, 15) is 24.0 Å². The third kappa shape index (κ3) is 10.9. The fraction of sp³-hybridized carbons (Fsp3) is 0.500. The van der Waals surface area contributed by atoms with Gasteiger partial charge in [-0.2, -0.15) is 0 Å². The van der Waals surface area contributed by atoms with Crippen molar-refractivity contribution >= 4 is 29.6 Å². The summed E-state index contributed by atoms with van der Waals surface area (Å²) in [5.41, 5.74) is 6.19. The van der Waals surface area contributed by atoms with Gasteiger partial charge in [0, 0.05) is 12.8 Å². The molecule has 0 saturated heterocycles. The van der Waals surface area contributed by atoms with E-state index in [1.54, 1.807) is 30.3 Å². The molecule has 1 aromatic carbocycles. The van der Waals surface area contributed by atoms with Crippen LogP contribution in [0.25, 0.3) is 0 Å². The smallest absolute Gasteiger partial charge is 0.303 e. The van der Waals surface area contributed by atoms with Crippen LogP contribution in [0, 0.1) is 5.92 Å². The quantitative estimate of drug-likeness (QED) is 0.171. The molecular weight excluding hydrogens is 446 g/mol. The Morgan fingerprint density at radius 3 is 2.06 bits per heavy atom. The lowest BCUT2D eigenvalue weighted by atomic mass is 10.0. The Balaban J connectivity index is 2.99. The number of amides is 4. The minimum Gasteiger partial charge on any atom is -0.481 e. The van der Waals surface area contributed by atoms with E-state index in [1.807, 2.05) is 13.8 Å². The summed E-state index contributed by atoms with van der Waals surface area (Å²) in [5, 5.41) is 16.5. The topological polar surface area (TPSA) is 203 Å². The van der Waals surface area contributed by atoms with Crippen molar-refractivity contribution in [2.75, 3.05) is 6.61 Å². The molecule has 1 aromatic rings. The molecule has 4 amide bonds. The number of rotatable bonds is 15. The fourth-order valence-electron chi connectivity index (χ4n) is 3.17. The van der Waals surface area contributed by atoms with Gasteiger partial charge in [0.05, 0.1) is 0 Å². The molecule has 8 N–H and O–H groups in total. The number of carbonyl (C=O) groups is 5. The van der Waals surface area contributed by atoms with Crippen molar-refractivity contribution in [3.63, 3.8) is 0 Å². The number of carbonyl (C=O) groups excluding carboxylic acids is 4. The second-order valence-electron chi connectivity index (χ2n) is 8.21. The molecule has 0 heterocycles. The van der Waals surface area contributed by atoms with Crippen molar-refractivity contribution in [1.82, 2.24) is 16.0 Å². The molecule has 12 nitrogen and oxygen atoms in total. The fourth-order valence-corrected chi connectivity index (χ4v) is 3.17. The molecule has 0 unspecified atom stereocenters. The Labute approximate surface area is 197 Å². The maximum absolute atomic E-state index is 12.9. The number of nitrogens with one attached hydrogen (secondary N) is 3. The number of aliphatic carboxylic acids is 1. The van der Waals surface area contributed by atoms with Gasteiger partial charge < -0.3 is 26.8 Å². The molecule has 0 radical (unpaired) electrons. The largest absolute Gasteiger partial charge is 0.481 e. The maximum Gasteiger partial charge on any atom is 0.303 e. The third-order valence-corrected chi connectivity index (χ3v) is 4.80. The Bertz CT molecular complexity index is 847. The highest BCUT2D eigenvalue weighted by Gasteiger charge is 2.30. The van der Waals surface area contributed by atoms with Gasteiger partial charge in [-0.15, -0.1) is 0 Å². The molecule has 0 aromatic heterocycles. The van der Waals surface area contributed by atoms with Crippen LogP contribution in [0.2, 0.25) is 0 Å². The summed E-state index contributed by atoms with van der Waals surface area (Å²) in [4.78, 5) is 64.9. The Hall–Kier alpha value is -3.51. The highest BCUT2D eigenvalue weighted by Crippen LogP contribution is 2.08. The van der Waals surface area contributed by atoms with Gasteiger partial charge in [-0.3, -0.25) is 28.8 Å². The zero-order chi connectivity index (χ0) is 25.7. The van der Waals surface area contributed by atoms with E-state index in [2.05, 4.69) is 20.8 Å². The average Bonchev–Trinajstić information content (AvgIpc) is 2.75. The average molecular weight is 480 g/mol. The summed E-state index contributed by atoms with van der Waals surface area (Å²) in [6.07, 6.45) is -0.293. The molecule has 188 valence electrons. The highest BCUT2D eigenvalue weighted by atomic mass is 16.6. The first-order valence-electron chi connectivity index (χ1n) is 10.8. The number of nitrogens with two attached hydrogens (primary N) is 2. The molecule has 12 heteroatoms. The normalized spacial score (nSPS) is 13.4. The highest BCUT2D eigenvalue weighted by molar-refractivity contribution is 5.94. The van der Waals surface area contributed by atoms with E-state index in [1.165, 1.54) is 0 Å². The van der Waals surface area contributed by atoms with Gasteiger partial charge in [-0.05, 0) is 24.3 Å². The second-order valence-corrected chi connectivity index (χ2v) is 8.21. The van der Waals surface area contributed by atoms with Crippen LogP contribution in [-0.4, -0.2) is 59.4 Å². The van der Waals surface area contributed by atoms with Crippen molar-refractivity contribution in [1.29, 1.82) is 0 Å². The van der Waals surface area contributed by atoms with Crippen LogP contribution in [0.3, 0.4) is 0 Å². The lowest BCUT2D eigenvalue weighted by Crippen LogP contribution is -2.57. The summed E-state index contributed by atoms with van der Waals surface area (Å²) in [7, 11) is 0. The van der Waals surface area contributed by atoms with Gasteiger partial charge in [0.2, 0.25) is 23.6 Å². The molecule has 0 aliphatic rings. The van der Waals surface area contributed by atoms with E-state index in [0.29, 0.717) is 0 Å². The third-order valence-electron chi connectivity index (χ3n) is 4.80. The summed E-state index contributed by atoms with van der Waals surface area (Å²) in [6, 6.07) is 5.48. The van der Waals surface area contributed by atoms with E-state index >= 15 is 0 Å². The Kier molecular flexibility index (Phi) is 12.2. The van der Waals surface area contributed by atoms with E-state index in [0.717, 1.165) is 5.56 Å². The molecule has 0 saturated carbocycles. The van der Waals surface area contributed by atoms with Crippen molar-refractivity contribution in [3.8, 4) is 0 Å². The monoisotopic (exact) mass is 479 g/mol. The molecule has 34 heavy (non-hydrogen) atoms. The van der Waals surface area contributed by atoms with Crippen LogP contribution in [0.4, 0.5) is 0 Å². The number of benzene rings is 1. The molecule has 3 atom stereocenters. The number of carboxylic acids is 1.